The Kier molecular flexibility index (Phi) is 5.19. The highest BCUT2D eigenvalue weighted by Gasteiger charge is 2.13. The number of halogens is 1. The molecule has 0 atom stereocenters. The summed E-state index contributed by atoms with van der Waals surface area (Å²) in [5, 5.41) is 6.07. The third-order valence-electron chi connectivity index (χ3n) is 3.11. The molecule has 0 aliphatic carbocycles. The van der Waals surface area contributed by atoms with Crippen molar-refractivity contribution in [2.24, 2.45) is 5.10 Å². The first-order valence-electron chi connectivity index (χ1n) is 6.93. The Morgan fingerprint density at radius 2 is 1.83 bits per heavy atom. The van der Waals surface area contributed by atoms with Crippen molar-refractivity contribution in [2.45, 2.75) is 13.8 Å². The number of aryl methyl sites for hydroxylation is 2. The second-order valence-electron chi connectivity index (χ2n) is 4.99. The zero-order valence-corrected chi connectivity index (χ0v) is 12.8. The number of rotatable bonds is 3. The van der Waals surface area contributed by atoms with E-state index in [4.69, 9.17) is 0 Å². The van der Waals surface area contributed by atoms with Crippen LogP contribution in [0, 0.1) is 19.7 Å². The topological polar surface area (TPSA) is 70.6 Å². The van der Waals surface area contributed by atoms with Crippen LogP contribution in [0.2, 0.25) is 0 Å². The highest BCUT2D eigenvalue weighted by atomic mass is 19.1. The molecule has 6 heteroatoms. The minimum atomic E-state index is -0.933. The second kappa shape index (κ2) is 7.31. The van der Waals surface area contributed by atoms with Gasteiger partial charge in [0.1, 0.15) is 5.82 Å². The van der Waals surface area contributed by atoms with Crippen LogP contribution in [0.5, 0.6) is 0 Å². The number of carbonyl (C=O) groups is 2. The first-order valence-corrected chi connectivity index (χ1v) is 6.93. The second-order valence-corrected chi connectivity index (χ2v) is 4.99. The summed E-state index contributed by atoms with van der Waals surface area (Å²) in [6.07, 6.45) is 1.14. The van der Waals surface area contributed by atoms with E-state index >= 15 is 0 Å². The molecular formula is C17H16FN3O2. The predicted octanol–water partition coefficient (Wildman–Crippen LogP) is 2.53. The summed E-state index contributed by atoms with van der Waals surface area (Å²) in [6.45, 7) is 3.76. The maximum absolute atomic E-state index is 13.4. The predicted molar refractivity (Wildman–Crippen MR) is 86.7 cm³/mol. The molecular weight excluding hydrogens is 297 g/mol. The molecule has 0 unspecified atom stereocenters. The van der Waals surface area contributed by atoms with Gasteiger partial charge in [0.2, 0.25) is 0 Å². The van der Waals surface area contributed by atoms with Crippen molar-refractivity contribution in [3.05, 3.63) is 65.0 Å². The summed E-state index contributed by atoms with van der Waals surface area (Å²) < 4.78 is 13.4. The van der Waals surface area contributed by atoms with Crippen molar-refractivity contribution in [1.29, 1.82) is 0 Å². The summed E-state index contributed by atoms with van der Waals surface area (Å²) in [7, 11) is 0. The van der Waals surface area contributed by atoms with Crippen LogP contribution in [0.1, 0.15) is 16.7 Å². The lowest BCUT2D eigenvalue weighted by molar-refractivity contribution is -0.136. The average Bonchev–Trinajstić information content (AvgIpc) is 2.51. The molecule has 0 heterocycles. The van der Waals surface area contributed by atoms with E-state index < -0.39 is 17.6 Å². The Morgan fingerprint density at radius 1 is 1.09 bits per heavy atom. The number of anilines is 1. The first-order chi connectivity index (χ1) is 11.0. The van der Waals surface area contributed by atoms with E-state index in [1.165, 1.54) is 12.1 Å². The molecule has 0 radical (unpaired) electrons. The van der Waals surface area contributed by atoms with Gasteiger partial charge in [0, 0.05) is 11.3 Å². The van der Waals surface area contributed by atoms with Crippen LogP contribution in [0.25, 0.3) is 0 Å². The first kappa shape index (κ1) is 16.4. The van der Waals surface area contributed by atoms with Crippen LogP contribution in [0.4, 0.5) is 10.1 Å². The highest BCUT2D eigenvalue weighted by Crippen LogP contribution is 2.15. The molecule has 2 aromatic rings. The van der Waals surface area contributed by atoms with Crippen molar-refractivity contribution >= 4 is 23.7 Å². The minimum absolute atomic E-state index is 0.211. The van der Waals surface area contributed by atoms with Crippen molar-refractivity contribution in [3.63, 3.8) is 0 Å². The summed E-state index contributed by atoms with van der Waals surface area (Å²) in [4.78, 5) is 23.5. The third-order valence-corrected chi connectivity index (χ3v) is 3.11. The van der Waals surface area contributed by atoms with Crippen molar-refractivity contribution in [3.8, 4) is 0 Å². The Labute approximate surface area is 133 Å². The van der Waals surface area contributed by atoms with Crippen LogP contribution in [-0.2, 0) is 9.59 Å². The van der Waals surface area contributed by atoms with Gasteiger partial charge in [-0.05, 0) is 31.5 Å². The van der Waals surface area contributed by atoms with Gasteiger partial charge in [0.25, 0.3) is 0 Å². The van der Waals surface area contributed by atoms with Crippen molar-refractivity contribution < 1.29 is 14.0 Å². The molecule has 0 aliphatic heterocycles. The van der Waals surface area contributed by atoms with Crippen LogP contribution in [-0.4, -0.2) is 18.0 Å². The standard InChI is InChI=1S/C17H16FN3O2/c1-11-7-8-15(12(2)9-11)20-16(22)17(23)21-19-10-13-5-3-4-6-14(13)18/h3-10H,1-2H3,(H,20,22)(H,21,23). The lowest BCUT2D eigenvalue weighted by Gasteiger charge is -2.08. The fourth-order valence-electron chi connectivity index (χ4n) is 1.92. The molecule has 0 saturated carbocycles. The molecule has 2 rings (SSSR count). The number of hydrogen-bond donors (Lipinski definition) is 2. The number of benzene rings is 2. The van der Waals surface area contributed by atoms with Crippen LogP contribution in [0.15, 0.2) is 47.6 Å². The summed E-state index contributed by atoms with van der Waals surface area (Å²) in [5.74, 6) is -2.24. The van der Waals surface area contributed by atoms with Gasteiger partial charge in [-0.25, -0.2) is 9.82 Å². The smallest absolute Gasteiger partial charge is 0.317 e. The SMILES string of the molecule is Cc1ccc(NC(=O)C(=O)NN=Cc2ccccc2F)c(C)c1. The molecule has 0 aliphatic rings. The van der Waals surface area contributed by atoms with Gasteiger partial charge in [0.05, 0.1) is 6.21 Å². The third kappa shape index (κ3) is 4.47. The van der Waals surface area contributed by atoms with Crippen LogP contribution in [0.3, 0.4) is 0 Å². The highest BCUT2D eigenvalue weighted by molar-refractivity contribution is 6.39. The van der Waals surface area contributed by atoms with Gasteiger partial charge in [-0.3, -0.25) is 9.59 Å². The normalized spacial score (nSPS) is 10.6. The molecule has 0 fully saturated rings. The number of amides is 2. The van der Waals surface area contributed by atoms with Gasteiger partial charge >= 0.3 is 11.8 Å². The van der Waals surface area contributed by atoms with E-state index in [0.717, 1.165) is 17.3 Å². The van der Waals surface area contributed by atoms with E-state index in [1.807, 2.05) is 26.0 Å². The lowest BCUT2D eigenvalue weighted by atomic mass is 10.1. The monoisotopic (exact) mass is 313 g/mol. The maximum Gasteiger partial charge on any atom is 0.329 e. The fourth-order valence-corrected chi connectivity index (χ4v) is 1.92. The number of nitrogens with zero attached hydrogens (tertiary/aromatic N) is 1. The fraction of sp³-hybridized carbons (Fsp3) is 0.118. The quantitative estimate of drug-likeness (QED) is 0.519. The molecule has 2 N–H and O–H groups in total. The Bertz CT molecular complexity index is 772. The van der Waals surface area contributed by atoms with E-state index in [0.29, 0.717) is 5.69 Å². The average molecular weight is 313 g/mol. The molecule has 0 bridgehead atoms. The molecule has 118 valence electrons. The lowest BCUT2D eigenvalue weighted by Crippen LogP contribution is -2.32. The van der Waals surface area contributed by atoms with E-state index in [1.54, 1.807) is 18.2 Å². The number of hydrogen-bond acceptors (Lipinski definition) is 3. The molecule has 23 heavy (non-hydrogen) atoms. The van der Waals surface area contributed by atoms with E-state index in [9.17, 15) is 14.0 Å². The summed E-state index contributed by atoms with van der Waals surface area (Å²) >= 11 is 0. The molecule has 0 spiro atoms. The van der Waals surface area contributed by atoms with Gasteiger partial charge in [-0.15, -0.1) is 0 Å². The summed E-state index contributed by atoms with van der Waals surface area (Å²) in [6, 6.07) is 11.4. The Balaban J connectivity index is 1.95. The number of carbonyl (C=O) groups excluding carboxylic acids is 2. The van der Waals surface area contributed by atoms with Crippen molar-refractivity contribution in [1.82, 2.24) is 5.43 Å². The molecule has 5 nitrogen and oxygen atoms in total. The molecule has 0 saturated heterocycles. The largest absolute Gasteiger partial charge is 0.329 e. The zero-order valence-electron chi connectivity index (χ0n) is 12.8. The van der Waals surface area contributed by atoms with Gasteiger partial charge in [0.15, 0.2) is 0 Å². The van der Waals surface area contributed by atoms with Crippen LogP contribution >= 0.6 is 0 Å². The minimum Gasteiger partial charge on any atom is -0.317 e. The van der Waals surface area contributed by atoms with Gasteiger partial charge in [-0.1, -0.05) is 35.9 Å². The molecule has 0 aromatic heterocycles. The molecule has 2 amide bonds. The zero-order chi connectivity index (χ0) is 16.8. The van der Waals surface area contributed by atoms with Gasteiger partial charge < -0.3 is 5.32 Å². The summed E-state index contributed by atoms with van der Waals surface area (Å²) in [5.41, 5.74) is 4.72. The Hall–Kier alpha value is -3.02. The number of hydrazone groups is 1. The molecule has 2 aromatic carbocycles. The maximum atomic E-state index is 13.4. The van der Waals surface area contributed by atoms with E-state index in [-0.39, 0.29) is 5.56 Å². The Morgan fingerprint density at radius 3 is 2.52 bits per heavy atom. The number of nitrogens with one attached hydrogen (secondary N) is 2. The van der Waals surface area contributed by atoms with Crippen LogP contribution < -0.4 is 10.7 Å². The van der Waals surface area contributed by atoms with Crippen molar-refractivity contribution in [2.75, 3.05) is 5.32 Å². The van der Waals surface area contributed by atoms with E-state index in [2.05, 4.69) is 15.8 Å². The van der Waals surface area contributed by atoms with Gasteiger partial charge in [-0.2, -0.15) is 5.10 Å².